The largest absolute Gasteiger partial charge is 0.486 e. The Hall–Kier alpha value is -3.19. The lowest BCUT2D eigenvalue weighted by atomic mass is 10.1. The van der Waals surface area contributed by atoms with Crippen molar-refractivity contribution in [3.63, 3.8) is 0 Å². The highest BCUT2D eigenvalue weighted by Crippen LogP contribution is 2.18. The molecule has 0 aliphatic carbocycles. The minimum absolute atomic E-state index is 0.0162. The van der Waals surface area contributed by atoms with E-state index in [9.17, 15) is 9.59 Å². The molecular weight excluding hydrogens is 410 g/mol. The number of hydrogen-bond acceptors (Lipinski definition) is 5. The second-order valence-electron chi connectivity index (χ2n) is 7.78. The second-order valence-corrected chi connectivity index (χ2v) is 8.73. The number of carbonyl (C=O) groups is 2. The molecule has 0 radical (unpaired) electrons. The number of nitrogens with one attached hydrogen (secondary N) is 2. The first-order valence-corrected chi connectivity index (χ1v) is 11.1. The van der Waals surface area contributed by atoms with Gasteiger partial charge < -0.3 is 15.4 Å². The highest BCUT2D eigenvalue weighted by molar-refractivity contribution is 7.09. The molecule has 3 rings (SSSR count). The summed E-state index contributed by atoms with van der Waals surface area (Å²) in [6.45, 7) is 6.41. The number of anilines is 2. The number of rotatable bonds is 9. The van der Waals surface area contributed by atoms with Crippen molar-refractivity contribution < 1.29 is 14.3 Å². The summed E-state index contributed by atoms with van der Waals surface area (Å²) >= 11 is 1.48. The lowest BCUT2D eigenvalue weighted by Gasteiger charge is -2.09. The zero-order valence-corrected chi connectivity index (χ0v) is 18.8. The summed E-state index contributed by atoms with van der Waals surface area (Å²) in [6, 6.07) is 14.9. The Morgan fingerprint density at radius 1 is 0.968 bits per heavy atom. The summed E-state index contributed by atoms with van der Waals surface area (Å²) < 4.78 is 5.74. The van der Waals surface area contributed by atoms with Gasteiger partial charge in [0.1, 0.15) is 17.4 Å². The number of carbonyl (C=O) groups excluding carboxylic acids is 2. The molecule has 0 saturated heterocycles. The van der Waals surface area contributed by atoms with Crippen LogP contribution in [0.2, 0.25) is 0 Å². The van der Waals surface area contributed by atoms with Crippen LogP contribution in [0.1, 0.15) is 36.5 Å². The van der Waals surface area contributed by atoms with Crippen molar-refractivity contribution in [3.8, 4) is 5.75 Å². The van der Waals surface area contributed by atoms with Crippen molar-refractivity contribution in [3.05, 3.63) is 70.2 Å². The van der Waals surface area contributed by atoms with E-state index < -0.39 is 0 Å². The topological polar surface area (TPSA) is 80.3 Å². The van der Waals surface area contributed by atoms with Gasteiger partial charge in [0.05, 0.1) is 12.1 Å². The molecule has 1 aromatic heterocycles. The maximum absolute atomic E-state index is 12.3. The van der Waals surface area contributed by atoms with E-state index in [2.05, 4.69) is 15.6 Å². The summed E-state index contributed by atoms with van der Waals surface area (Å²) in [5.74, 6) is 0.938. The smallest absolute Gasteiger partial charge is 0.230 e. The summed E-state index contributed by atoms with van der Waals surface area (Å²) in [5, 5.41) is 8.41. The van der Waals surface area contributed by atoms with Crippen molar-refractivity contribution in [2.45, 2.75) is 40.2 Å². The van der Waals surface area contributed by atoms with Gasteiger partial charge >= 0.3 is 0 Å². The van der Waals surface area contributed by atoms with E-state index in [-0.39, 0.29) is 18.2 Å². The van der Waals surface area contributed by atoms with Crippen LogP contribution in [0.15, 0.2) is 53.9 Å². The third-order valence-corrected chi connectivity index (χ3v) is 5.24. The van der Waals surface area contributed by atoms with E-state index in [0.717, 1.165) is 10.8 Å². The van der Waals surface area contributed by atoms with Crippen molar-refractivity contribution in [2.24, 2.45) is 5.92 Å². The summed E-state index contributed by atoms with van der Waals surface area (Å²) in [4.78, 5) is 28.7. The van der Waals surface area contributed by atoms with E-state index in [1.165, 1.54) is 16.9 Å². The average Bonchev–Trinajstić information content (AvgIpc) is 3.15. The van der Waals surface area contributed by atoms with Gasteiger partial charge in [-0.2, -0.15) is 0 Å². The Balaban J connectivity index is 1.46. The van der Waals surface area contributed by atoms with Crippen LogP contribution >= 0.6 is 11.3 Å². The van der Waals surface area contributed by atoms with Crippen molar-refractivity contribution in [2.75, 3.05) is 10.6 Å². The number of aromatic nitrogens is 1. The highest BCUT2D eigenvalue weighted by atomic mass is 32.1. The molecule has 6 nitrogen and oxygen atoms in total. The zero-order chi connectivity index (χ0) is 22.2. The highest BCUT2D eigenvalue weighted by Gasteiger charge is 2.10. The van der Waals surface area contributed by atoms with Crippen LogP contribution in [-0.2, 0) is 22.6 Å². The van der Waals surface area contributed by atoms with Crippen LogP contribution < -0.4 is 15.4 Å². The average molecular weight is 438 g/mol. The molecule has 2 N–H and O–H groups in total. The minimum atomic E-state index is -0.145. The number of hydrogen-bond donors (Lipinski definition) is 2. The summed E-state index contributed by atoms with van der Waals surface area (Å²) in [7, 11) is 0. The molecule has 0 saturated carbocycles. The van der Waals surface area contributed by atoms with E-state index in [4.69, 9.17) is 4.74 Å². The number of nitrogens with zero attached hydrogens (tertiary/aromatic N) is 1. The normalized spacial score (nSPS) is 10.7. The van der Waals surface area contributed by atoms with Gasteiger partial charge in [0.2, 0.25) is 11.8 Å². The number of amides is 2. The van der Waals surface area contributed by atoms with Crippen molar-refractivity contribution >= 4 is 34.5 Å². The lowest BCUT2D eigenvalue weighted by Crippen LogP contribution is -2.15. The standard InChI is InChI=1S/C24H27N3O3S/c1-16(2)12-22(28)25-18-6-8-19(9-7-18)26-23(29)13-20-15-31-24(27-20)14-30-21-10-4-17(3)5-11-21/h4-11,15-16H,12-14H2,1-3H3,(H,25,28)(H,26,29). The van der Waals surface area contributed by atoms with E-state index in [1.807, 2.05) is 50.4 Å². The molecule has 1 heterocycles. The fourth-order valence-electron chi connectivity index (χ4n) is 2.87. The molecule has 0 spiro atoms. The van der Waals surface area contributed by atoms with E-state index in [0.29, 0.717) is 36.0 Å². The van der Waals surface area contributed by atoms with Crippen LogP contribution in [0.25, 0.3) is 0 Å². The van der Waals surface area contributed by atoms with Crippen LogP contribution in [0.3, 0.4) is 0 Å². The predicted octanol–water partition coefficient (Wildman–Crippen LogP) is 5.20. The molecule has 0 atom stereocenters. The number of ether oxygens (including phenoxy) is 1. The molecule has 0 aliphatic rings. The first-order chi connectivity index (χ1) is 14.9. The van der Waals surface area contributed by atoms with Gasteiger partial charge in [-0.1, -0.05) is 31.5 Å². The molecule has 31 heavy (non-hydrogen) atoms. The Morgan fingerprint density at radius 3 is 2.19 bits per heavy atom. The van der Waals surface area contributed by atoms with Crippen LogP contribution in [0.4, 0.5) is 11.4 Å². The number of aryl methyl sites for hydroxylation is 1. The van der Waals surface area contributed by atoms with Gasteiger partial charge in [-0.25, -0.2) is 4.98 Å². The number of thiazole rings is 1. The van der Waals surface area contributed by atoms with Crippen LogP contribution in [-0.4, -0.2) is 16.8 Å². The molecule has 3 aromatic rings. The molecule has 2 aromatic carbocycles. The molecule has 0 bridgehead atoms. The molecule has 162 valence electrons. The summed E-state index contributed by atoms with van der Waals surface area (Å²) in [6.07, 6.45) is 0.665. The van der Waals surface area contributed by atoms with Crippen LogP contribution in [0, 0.1) is 12.8 Å². The maximum Gasteiger partial charge on any atom is 0.230 e. The quantitative estimate of drug-likeness (QED) is 0.482. The molecule has 2 amide bonds. The van der Waals surface area contributed by atoms with E-state index in [1.54, 1.807) is 24.3 Å². The predicted molar refractivity (Wildman–Crippen MR) is 124 cm³/mol. The third kappa shape index (κ3) is 7.53. The second kappa shape index (κ2) is 10.7. The minimum Gasteiger partial charge on any atom is -0.486 e. The molecule has 0 fully saturated rings. The van der Waals surface area contributed by atoms with Crippen LogP contribution in [0.5, 0.6) is 5.75 Å². The zero-order valence-electron chi connectivity index (χ0n) is 18.0. The fourth-order valence-corrected chi connectivity index (χ4v) is 3.57. The Morgan fingerprint density at radius 2 is 1.58 bits per heavy atom. The van der Waals surface area contributed by atoms with Gasteiger partial charge in [0.15, 0.2) is 0 Å². The van der Waals surface area contributed by atoms with Gasteiger partial charge in [-0.05, 0) is 49.2 Å². The molecule has 7 heteroatoms. The fraction of sp³-hybridized carbons (Fsp3) is 0.292. The Bertz CT molecular complexity index is 1010. The van der Waals surface area contributed by atoms with Crippen molar-refractivity contribution in [1.82, 2.24) is 4.98 Å². The number of benzene rings is 2. The Kier molecular flexibility index (Phi) is 7.78. The lowest BCUT2D eigenvalue weighted by molar-refractivity contribution is -0.117. The van der Waals surface area contributed by atoms with Gasteiger partial charge in [0.25, 0.3) is 0 Å². The summed E-state index contributed by atoms with van der Waals surface area (Å²) in [5.41, 5.74) is 3.27. The molecule has 0 aliphatic heterocycles. The monoisotopic (exact) mass is 437 g/mol. The van der Waals surface area contributed by atoms with E-state index >= 15 is 0 Å². The molecule has 0 unspecified atom stereocenters. The first-order valence-electron chi connectivity index (χ1n) is 10.2. The first kappa shape index (κ1) is 22.5. The SMILES string of the molecule is Cc1ccc(OCc2nc(CC(=O)Nc3ccc(NC(=O)CC(C)C)cc3)cs2)cc1. The van der Waals surface area contributed by atoms with Crippen molar-refractivity contribution in [1.29, 1.82) is 0 Å². The third-order valence-electron chi connectivity index (χ3n) is 4.37. The van der Waals surface area contributed by atoms with Gasteiger partial charge in [-0.3, -0.25) is 9.59 Å². The van der Waals surface area contributed by atoms with Gasteiger partial charge in [0, 0.05) is 23.2 Å². The Labute approximate surface area is 186 Å². The maximum atomic E-state index is 12.3. The molecular formula is C24H27N3O3S. The van der Waals surface area contributed by atoms with Gasteiger partial charge in [-0.15, -0.1) is 11.3 Å².